The molecule has 0 unspecified atom stereocenters. The average molecular weight is 260 g/mol. The van der Waals surface area contributed by atoms with Crippen molar-refractivity contribution in [2.45, 2.75) is 19.3 Å². The van der Waals surface area contributed by atoms with E-state index in [0.29, 0.717) is 6.54 Å². The summed E-state index contributed by atoms with van der Waals surface area (Å²) >= 11 is 5.68. The quantitative estimate of drug-likeness (QED) is 0.771. The van der Waals surface area contributed by atoms with Crippen LogP contribution in [0, 0.1) is 5.82 Å². The van der Waals surface area contributed by atoms with Gasteiger partial charge in [0.25, 0.3) is 5.91 Å². The number of amides is 1. The minimum atomic E-state index is -0.598. The van der Waals surface area contributed by atoms with Crippen LogP contribution in [0.2, 0.25) is 5.02 Å². The molecule has 1 aromatic carbocycles. The van der Waals surface area contributed by atoms with Crippen molar-refractivity contribution >= 4 is 17.5 Å². The molecular weight excluding hydrogens is 245 g/mol. The van der Waals surface area contributed by atoms with E-state index in [1.54, 1.807) is 0 Å². The molecule has 94 valence electrons. The number of unbranched alkanes of at least 4 members (excludes halogenated alkanes) is 2. The van der Waals surface area contributed by atoms with Crippen LogP contribution in [0.15, 0.2) is 18.2 Å². The second-order valence-corrected chi connectivity index (χ2v) is 4.02. The van der Waals surface area contributed by atoms with Gasteiger partial charge in [-0.1, -0.05) is 17.7 Å². The molecule has 1 amide bonds. The smallest absolute Gasteiger partial charge is 0.252 e. The summed E-state index contributed by atoms with van der Waals surface area (Å²) < 4.78 is 13.1. The number of rotatable bonds is 6. The molecular formula is C12H15ClFNO2. The predicted molar refractivity (Wildman–Crippen MR) is 64.7 cm³/mol. The lowest BCUT2D eigenvalue weighted by Gasteiger charge is -2.06. The number of nitrogens with one attached hydrogen (secondary N) is 1. The summed E-state index contributed by atoms with van der Waals surface area (Å²) in [5.74, 6) is -0.974. The van der Waals surface area contributed by atoms with Crippen LogP contribution in [0.1, 0.15) is 29.6 Å². The second kappa shape index (κ2) is 7.25. The van der Waals surface area contributed by atoms with Gasteiger partial charge in [0.15, 0.2) is 0 Å². The van der Waals surface area contributed by atoms with E-state index >= 15 is 0 Å². The highest BCUT2D eigenvalue weighted by Crippen LogP contribution is 2.19. The summed E-state index contributed by atoms with van der Waals surface area (Å²) in [6.45, 7) is 0.648. The van der Waals surface area contributed by atoms with Crippen LogP contribution in [0.3, 0.4) is 0 Å². The molecule has 1 rings (SSSR count). The van der Waals surface area contributed by atoms with Gasteiger partial charge in [0.2, 0.25) is 0 Å². The maximum Gasteiger partial charge on any atom is 0.252 e. The number of carbonyl (C=O) groups excluding carboxylic acids is 1. The van der Waals surface area contributed by atoms with Crippen LogP contribution < -0.4 is 5.32 Å². The molecule has 0 spiro atoms. The zero-order valence-corrected chi connectivity index (χ0v) is 10.1. The van der Waals surface area contributed by atoms with Crippen LogP contribution in [-0.4, -0.2) is 24.2 Å². The van der Waals surface area contributed by atoms with Crippen molar-refractivity contribution in [2.75, 3.05) is 13.2 Å². The largest absolute Gasteiger partial charge is 0.396 e. The summed E-state index contributed by atoms with van der Waals surface area (Å²) in [5, 5.41) is 11.1. The van der Waals surface area contributed by atoms with Gasteiger partial charge in [0.05, 0.1) is 10.6 Å². The molecule has 0 saturated carbocycles. The lowest BCUT2D eigenvalue weighted by atomic mass is 10.2. The topological polar surface area (TPSA) is 49.3 Å². The Bertz CT molecular complexity index is 385. The lowest BCUT2D eigenvalue weighted by molar-refractivity contribution is 0.0952. The minimum Gasteiger partial charge on any atom is -0.396 e. The van der Waals surface area contributed by atoms with Gasteiger partial charge in [0, 0.05) is 13.2 Å². The van der Waals surface area contributed by atoms with Crippen LogP contribution in [0.25, 0.3) is 0 Å². The first-order valence-electron chi connectivity index (χ1n) is 5.50. The number of carbonyl (C=O) groups is 1. The van der Waals surface area contributed by atoms with Crippen molar-refractivity contribution in [3.05, 3.63) is 34.6 Å². The SMILES string of the molecule is O=C(NCCCCCO)c1cccc(F)c1Cl. The Morgan fingerprint density at radius 3 is 2.82 bits per heavy atom. The fourth-order valence-corrected chi connectivity index (χ4v) is 1.60. The number of benzene rings is 1. The van der Waals surface area contributed by atoms with Crippen molar-refractivity contribution in [2.24, 2.45) is 0 Å². The Balaban J connectivity index is 2.44. The van der Waals surface area contributed by atoms with Gasteiger partial charge in [0.1, 0.15) is 5.82 Å². The molecule has 0 atom stereocenters. The number of halogens is 2. The molecule has 0 aliphatic rings. The van der Waals surface area contributed by atoms with E-state index in [2.05, 4.69) is 5.32 Å². The van der Waals surface area contributed by atoms with Gasteiger partial charge < -0.3 is 10.4 Å². The molecule has 0 fully saturated rings. The molecule has 0 bridgehead atoms. The van der Waals surface area contributed by atoms with Crippen LogP contribution in [-0.2, 0) is 0 Å². The molecule has 0 heterocycles. The third-order valence-electron chi connectivity index (χ3n) is 2.32. The molecule has 2 N–H and O–H groups in total. The van der Waals surface area contributed by atoms with E-state index < -0.39 is 5.82 Å². The first kappa shape index (κ1) is 13.9. The molecule has 0 aromatic heterocycles. The van der Waals surface area contributed by atoms with E-state index in [-0.39, 0.29) is 23.1 Å². The maximum absolute atomic E-state index is 13.1. The van der Waals surface area contributed by atoms with E-state index in [0.717, 1.165) is 19.3 Å². The Hall–Kier alpha value is -1.13. The summed E-state index contributed by atoms with van der Waals surface area (Å²) in [6.07, 6.45) is 2.34. The van der Waals surface area contributed by atoms with Crippen molar-refractivity contribution in [1.29, 1.82) is 0 Å². The Labute approximate surface area is 105 Å². The minimum absolute atomic E-state index is 0.147. The van der Waals surface area contributed by atoms with Gasteiger partial charge in [-0.25, -0.2) is 4.39 Å². The van der Waals surface area contributed by atoms with Gasteiger partial charge >= 0.3 is 0 Å². The van der Waals surface area contributed by atoms with E-state index in [4.69, 9.17) is 16.7 Å². The van der Waals surface area contributed by atoms with Crippen LogP contribution in [0.4, 0.5) is 4.39 Å². The Morgan fingerprint density at radius 1 is 1.35 bits per heavy atom. The lowest BCUT2D eigenvalue weighted by Crippen LogP contribution is -2.24. The Morgan fingerprint density at radius 2 is 2.12 bits per heavy atom. The number of aliphatic hydroxyl groups is 1. The highest BCUT2D eigenvalue weighted by atomic mass is 35.5. The molecule has 17 heavy (non-hydrogen) atoms. The van der Waals surface area contributed by atoms with E-state index in [1.807, 2.05) is 0 Å². The molecule has 1 aromatic rings. The first-order chi connectivity index (χ1) is 8.16. The average Bonchev–Trinajstić information content (AvgIpc) is 2.32. The fourth-order valence-electron chi connectivity index (χ4n) is 1.39. The third kappa shape index (κ3) is 4.32. The zero-order valence-electron chi connectivity index (χ0n) is 9.38. The van der Waals surface area contributed by atoms with Crippen molar-refractivity contribution in [1.82, 2.24) is 5.32 Å². The summed E-state index contributed by atoms with van der Waals surface area (Å²) in [5.41, 5.74) is 0.147. The molecule has 0 radical (unpaired) electrons. The van der Waals surface area contributed by atoms with Crippen molar-refractivity contribution < 1.29 is 14.3 Å². The zero-order chi connectivity index (χ0) is 12.7. The predicted octanol–water partition coefficient (Wildman–Crippen LogP) is 2.37. The molecule has 0 saturated heterocycles. The van der Waals surface area contributed by atoms with Crippen molar-refractivity contribution in [3.63, 3.8) is 0 Å². The Kier molecular flexibility index (Phi) is 5.94. The summed E-state index contributed by atoms with van der Waals surface area (Å²) in [7, 11) is 0. The molecule has 3 nitrogen and oxygen atoms in total. The first-order valence-corrected chi connectivity index (χ1v) is 5.87. The standard InChI is InChI=1S/C12H15ClFNO2/c13-11-9(5-4-6-10(11)14)12(17)15-7-2-1-3-8-16/h4-6,16H,1-3,7-8H2,(H,15,17). The normalized spacial score (nSPS) is 10.3. The monoisotopic (exact) mass is 259 g/mol. The van der Waals surface area contributed by atoms with Gasteiger partial charge in [-0.05, 0) is 31.4 Å². The molecule has 5 heteroatoms. The summed E-state index contributed by atoms with van der Waals surface area (Å²) in [6, 6.07) is 4.14. The summed E-state index contributed by atoms with van der Waals surface area (Å²) in [4.78, 5) is 11.6. The van der Waals surface area contributed by atoms with Crippen molar-refractivity contribution in [3.8, 4) is 0 Å². The third-order valence-corrected chi connectivity index (χ3v) is 2.70. The highest BCUT2D eigenvalue weighted by molar-refractivity contribution is 6.34. The van der Waals surface area contributed by atoms with Gasteiger partial charge in [-0.3, -0.25) is 4.79 Å². The van der Waals surface area contributed by atoms with E-state index in [1.165, 1.54) is 18.2 Å². The van der Waals surface area contributed by atoms with E-state index in [9.17, 15) is 9.18 Å². The molecule has 0 aliphatic heterocycles. The van der Waals surface area contributed by atoms with Crippen LogP contribution in [0.5, 0.6) is 0 Å². The van der Waals surface area contributed by atoms with Gasteiger partial charge in [-0.15, -0.1) is 0 Å². The second-order valence-electron chi connectivity index (χ2n) is 3.64. The number of hydrogen-bond acceptors (Lipinski definition) is 2. The highest BCUT2D eigenvalue weighted by Gasteiger charge is 2.12. The fraction of sp³-hybridized carbons (Fsp3) is 0.417. The van der Waals surface area contributed by atoms with Gasteiger partial charge in [-0.2, -0.15) is 0 Å². The van der Waals surface area contributed by atoms with Crippen LogP contribution >= 0.6 is 11.6 Å². The number of hydrogen-bond donors (Lipinski definition) is 2. The molecule has 0 aliphatic carbocycles. The number of aliphatic hydroxyl groups excluding tert-OH is 1. The maximum atomic E-state index is 13.1.